The van der Waals surface area contributed by atoms with Crippen LogP contribution < -0.4 is 19.6 Å². The van der Waals surface area contributed by atoms with Crippen molar-refractivity contribution in [3.05, 3.63) is 137 Å². The largest absolute Gasteiger partial charge is 0.479 e. The van der Waals surface area contributed by atoms with Crippen molar-refractivity contribution in [1.82, 2.24) is 4.57 Å². The molecule has 0 saturated heterocycles. The molecule has 3 aromatic carbocycles. The number of benzene rings is 3. The minimum Gasteiger partial charge on any atom is -0.479 e. The van der Waals surface area contributed by atoms with Gasteiger partial charge in [0.2, 0.25) is 0 Å². The lowest BCUT2D eigenvalue weighted by Gasteiger charge is -2.25. The summed E-state index contributed by atoms with van der Waals surface area (Å²) in [5, 5.41) is 13.2. The molecular formula is C32H25N3O7S. The number of hydrogen-bond acceptors (Lipinski definition) is 9. The second-order valence-corrected chi connectivity index (χ2v) is 10.7. The van der Waals surface area contributed by atoms with Gasteiger partial charge in [0.1, 0.15) is 18.1 Å². The number of furan rings is 1. The number of nitro groups is 1. The standard InChI is InChI=1S/C32H25N3O7S/c1-3-40-31(37)28-19(2)33-32-34(29(28)24-12-8-10-20-9-4-5-11-23(20)24)30(36)27(43-32)17-21-15-16-22(42-21)18-41-26-14-7-6-13-25(26)35(38)39/h4-17,29H,3,18H2,1-2H3/b27-17+/t29-/m1/s1. The highest BCUT2D eigenvalue weighted by atomic mass is 32.1. The van der Waals surface area contributed by atoms with Gasteiger partial charge in [-0.1, -0.05) is 65.9 Å². The summed E-state index contributed by atoms with van der Waals surface area (Å²) < 4.78 is 18.8. The predicted octanol–water partition coefficient (Wildman–Crippen LogP) is 5.03. The molecule has 43 heavy (non-hydrogen) atoms. The average Bonchev–Trinajstić information content (AvgIpc) is 3.58. The number of rotatable bonds is 8. The van der Waals surface area contributed by atoms with Crippen LogP contribution in [-0.4, -0.2) is 22.1 Å². The van der Waals surface area contributed by atoms with E-state index < -0.39 is 16.9 Å². The van der Waals surface area contributed by atoms with Crippen molar-refractivity contribution in [3.8, 4) is 5.75 Å². The number of para-hydroxylation sites is 2. The van der Waals surface area contributed by atoms with E-state index in [1.807, 2.05) is 42.5 Å². The van der Waals surface area contributed by atoms with Gasteiger partial charge in [-0.05, 0) is 48.4 Å². The Morgan fingerprint density at radius 1 is 1.09 bits per heavy atom. The first kappa shape index (κ1) is 27.9. The van der Waals surface area contributed by atoms with Crippen LogP contribution in [0.3, 0.4) is 0 Å². The zero-order chi connectivity index (χ0) is 30.1. The molecule has 1 atom stereocenters. The van der Waals surface area contributed by atoms with Crippen molar-refractivity contribution >= 4 is 39.8 Å². The van der Waals surface area contributed by atoms with E-state index in [9.17, 15) is 19.7 Å². The third-order valence-corrected chi connectivity index (χ3v) is 8.01. The van der Waals surface area contributed by atoms with Crippen LogP contribution in [0.25, 0.3) is 16.8 Å². The number of hydrogen-bond donors (Lipinski definition) is 0. The smallest absolute Gasteiger partial charge is 0.338 e. The Labute approximate surface area is 248 Å². The molecule has 0 fully saturated rings. The molecule has 0 radical (unpaired) electrons. The maximum Gasteiger partial charge on any atom is 0.338 e. The minimum atomic E-state index is -0.745. The van der Waals surface area contributed by atoms with Crippen LogP contribution >= 0.6 is 11.3 Å². The highest BCUT2D eigenvalue weighted by Gasteiger charge is 2.34. The molecule has 0 spiro atoms. The molecule has 216 valence electrons. The van der Waals surface area contributed by atoms with Crippen LogP contribution in [-0.2, 0) is 16.1 Å². The first-order valence-electron chi connectivity index (χ1n) is 13.5. The van der Waals surface area contributed by atoms with Crippen molar-refractivity contribution in [3.63, 3.8) is 0 Å². The number of allylic oxidation sites excluding steroid dienone is 1. The molecule has 0 amide bonds. The van der Waals surface area contributed by atoms with E-state index in [1.165, 1.54) is 23.5 Å². The summed E-state index contributed by atoms with van der Waals surface area (Å²) in [5.41, 5.74) is 1.11. The van der Waals surface area contributed by atoms with Crippen molar-refractivity contribution in [2.24, 2.45) is 4.99 Å². The molecule has 10 nitrogen and oxygen atoms in total. The van der Waals surface area contributed by atoms with E-state index in [2.05, 4.69) is 4.99 Å². The molecule has 0 aliphatic carbocycles. The van der Waals surface area contributed by atoms with E-state index in [-0.39, 0.29) is 30.2 Å². The molecule has 5 aromatic rings. The summed E-state index contributed by atoms with van der Waals surface area (Å²) in [5.74, 6) is 0.422. The number of nitro benzene ring substituents is 1. The van der Waals surface area contributed by atoms with Crippen LogP contribution in [0.4, 0.5) is 5.69 Å². The van der Waals surface area contributed by atoms with Crippen LogP contribution in [0.15, 0.2) is 104 Å². The molecule has 3 heterocycles. The summed E-state index contributed by atoms with van der Waals surface area (Å²) >= 11 is 1.19. The summed E-state index contributed by atoms with van der Waals surface area (Å²) in [4.78, 5) is 43.1. The summed E-state index contributed by atoms with van der Waals surface area (Å²) in [6.07, 6.45) is 1.61. The number of thiazole rings is 1. The topological polar surface area (TPSA) is 126 Å². The van der Waals surface area contributed by atoms with Gasteiger partial charge in [-0.3, -0.25) is 19.5 Å². The number of aromatic nitrogens is 1. The first-order chi connectivity index (χ1) is 20.9. The third kappa shape index (κ3) is 5.26. The number of carbonyl (C=O) groups is 1. The van der Waals surface area contributed by atoms with Gasteiger partial charge in [-0.25, -0.2) is 9.79 Å². The fourth-order valence-electron chi connectivity index (χ4n) is 5.13. The lowest BCUT2D eigenvalue weighted by atomic mass is 9.91. The SMILES string of the molecule is CCOC(=O)C1=C(C)N=c2s/c(=C/c3ccc(COc4ccccc4[N+](=O)[O-])o3)c(=O)n2[C@@H]1c1cccc2ccccc12. The second kappa shape index (κ2) is 11.5. The predicted molar refractivity (Wildman–Crippen MR) is 160 cm³/mol. The summed E-state index contributed by atoms with van der Waals surface area (Å²) in [6.45, 7) is 3.63. The second-order valence-electron chi connectivity index (χ2n) is 9.69. The van der Waals surface area contributed by atoms with Crippen molar-refractivity contribution < 1.29 is 23.6 Å². The van der Waals surface area contributed by atoms with Gasteiger partial charge in [0, 0.05) is 12.1 Å². The van der Waals surface area contributed by atoms with Gasteiger partial charge in [0.05, 0.1) is 33.4 Å². The Morgan fingerprint density at radius 2 is 1.86 bits per heavy atom. The molecule has 0 unspecified atom stereocenters. The average molecular weight is 596 g/mol. The van der Waals surface area contributed by atoms with Gasteiger partial charge in [0.25, 0.3) is 5.56 Å². The molecule has 1 aliphatic rings. The molecular weight excluding hydrogens is 570 g/mol. The first-order valence-corrected chi connectivity index (χ1v) is 14.3. The molecule has 0 N–H and O–H groups in total. The lowest BCUT2D eigenvalue weighted by Crippen LogP contribution is -2.40. The van der Waals surface area contributed by atoms with Gasteiger partial charge < -0.3 is 13.9 Å². The Morgan fingerprint density at radius 3 is 2.67 bits per heavy atom. The zero-order valence-electron chi connectivity index (χ0n) is 23.2. The maximum atomic E-state index is 14.0. The van der Waals surface area contributed by atoms with Gasteiger partial charge in [-0.2, -0.15) is 0 Å². The number of esters is 1. The van der Waals surface area contributed by atoms with Crippen molar-refractivity contribution in [2.45, 2.75) is 26.5 Å². The Hall–Kier alpha value is -5.29. The minimum absolute atomic E-state index is 0.0386. The monoisotopic (exact) mass is 595 g/mol. The molecule has 1 aliphatic heterocycles. The number of ether oxygens (including phenoxy) is 2. The van der Waals surface area contributed by atoms with E-state index >= 15 is 0 Å². The van der Waals surface area contributed by atoms with Gasteiger partial charge in [-0.15, -0.1) is 0 Å². The van der Waals surface area contributed by atoms with Gasteiger partial charge >= 0.3 is 11.7 Å². The van der Waals surface area contributed by atoms with Crippen molar-refractivity contribution in [2.75, 3.05) is 6.61 Å². The molecule has 11 heteroatoms. The van der Waals surface area contributed by atoms with E-state index in [0.717, 1.165) is 16.3 Å². The quantitative estimate of drug-likeness (QED) is 0.140. The fraction of sp³-hybridized carbons (Fsp3) is 0.156. The maximum absolute atomic E-state index is 14.0. The molecule has 6 rings (SSSR count). The van der Waals surface area contributed by atoms with Crippen LogP contribution in [0.2, 0.25) is 0 Å². The third-order valence-electron chi connectivity index (χ3n) is 7.02. The van der Waals surface area contributed by atoms with Crippen LogP contribution in [0.1, 0.15) is 37.0 Å². The zero-order valence-corrected chi connectivity index (χ0v) is 24.0. The van der Waals surface area contributed by atoms with Crippen molar-refractivity contribution in [1.29, 1.82) is 0 Å². The number of carbonyl (C=O) groups excluding carboxylic acids is 1. The molecule has 0 saturated carbocycles. The van der Waals surface area contributed by atoms with Crippen LogP contribution in [0.5, 0.6) is 5.75 Å². The van der Waals surface area contributed by atoms with Gasteiger partial charge in [0.15, 0.2) is 10.6 Å². The summed E-state index contributed by atoms with van der Waals surface area (Å²) in [6, 6.07) is 22.3. The van der Waals surface area contributed by atoms with E-state index in [1.54, 1.807) is 48.8 Å². The number of fused-ring (bicyclic) bond motifs is 2. The normalized spacial score (nSPS) is 14.8. The van der Waals surface area contributed by atoms with E-state index in [0.29, 0.717) is 32.1 Å². The highest BCUT2D eigenvalue weighted by molar-refractivity contribution is 7.07. The van der Waals surface area contributed by atoms with Crippen LogP contribution in [0, 0.1) is 10.1 Å². The Balaban J connectivity index is 1.40. The fourth-order valence-corrected chi connectivity index (χ4v) is 6.16. The summed E-state index contributed by atoms with van der Waals surface area (Å²) in [7, 11) is 0. The van der Waals surface area contributed by atoms with E-state index in [4.69, 9.17) is 13.9 Å². The molecule has 0 bridgehead atoms. The lowest BCUT2D eigenvalue weighted by molar-refractivity contribution is -0.386. The Bertz CT molecular complexity index is 2100. The Kier molecular flexibility index (Phi) is 7.47. The number of nitrogens with zero attached hydrogens (tertiary/aromatic N) is 3. The molecule has 2 aromatic heterocycles. The highest BCUT2D eigenvalue weighted by Crippen LogP contribution is 2.35.